The van der Waals surface area contributed by atoms with Gasteiger partial charge < -0.3 is 14.8 Å². The number of carbonyl (C=O) groups excluding carboxylic acids is 1. The Balaban J connectivity index is 1.64. The minimum absolute atomic E-state index is 0.164. The van der Waals surface area contributed by atoms with Gasteiger partial charge in [0.25, 0.3) is 0 Å². The van der Waals surface area contributed by atoms with Crippen molar-refractivity contribution >= 4 is 35.0 Å². The number of aromatic nitrogens is 2. The molecule has 8 nitrogen and oxygen atoms in total. The number of methoxy groups -OCH3 is 2. The summed E-state index contributed by atoms with van der Waals surface area (Å²) >= 11 is 7.34. The molecule has 0 saturated carbocycles. The quantitative estimate of drug-likeness (QED) is 0.416. The molecule has 3 rings (SSSR count). The third kappa shape index (κ3) is 4.93. The Morgan fingerprint density at radius 1 is 1.21 bits per heavy atom. The van der Waals surface area contributed by atoms with Crippen molar-refractivity contribution in [1.29, 1.82) is 0 Å². The number of nitrogens with one attached hydrogen (secondary N) is 2. The van der Waals surface area contributed by atoms with Crippen molar-refractivity contribution in [2.75, 3.05) is 25.3 Å². The molecule has 29 heavy (non-hydrogen) atoms. The first-order valence-corrected chi connectivity index (χ1v) is 9.93. The molecule has 0 atom stereocenters. The number of amides is 1. The third-order valence-electron chi connectivity index (χ3n) is 3.94. The molecule has 0 unspecified atom stereocenters. The van der Waals surface area contributed by atoms with Crippen LogP contribution in [-0.2, 0) is 4.79 Å². The van der Waals surface area contributed by atoms with Gasteiger partial charge in [0.05, 0.1) is 24.9 Å². The fraction of sp³-hybridized carbons (Fsp3) is 0.211. The Labute approximate surface area is 175 Å². The van der Waals surface area contributed by atoms with Crippen molar-refractivity contribution < 1.29 is 23.5 Å². The number of halogens is 1. The maximum absolute atomic E-state index is 12.3. The van der Waals surface area contributed by atoms with Gasteiger partial charge in [0, 0.05) is 30.4 Å². The van der Waals surface area contributed by atoms with Crippen molar-refractivity contribution in [3.05, 3.63) is 57.9 Å². The van der Waals surface area contributed by atoms with Gasteiger partial charge in [-0.25, -0.2) is 4.79 Å². The number of nitrogens with zero attached hydrogens (tertiary/aromatic N) is 1. The predicted molar refractivity (Wildman–Crippen MR) is 109 cm³/mol. The van der Waals surface area contributed by atoms with E-state index in [9.17, 15) is 9.59 Å². The van der Waals surface area contributed by atoms with Crippen molar-refractivity contribution in [1.82, 2.24) is 5.27 Å². The fourth-order valence-electron chi connectivity index (χ4n) is 2.54. The Hall–Kier alpha value is -2.91. The number of ether oxygens (including phenoxy) is 2. The summed E-state index contributed by atoms with van der Waals surface area (Å²) in [6, 6.07) is 12.4. The monoisotopic (exact) mass is 436 g/mol. The zero-order valence-electron chi connectivity index (χ0n) is 15.7. The van der Waals surface area contributed by atoms with Crippen LogP contribution in [0.1, 0.15) is 6.42 Å². The molecule has 1 heterocycles. The molecule has 0 bridgehead atoms. The van der Waals surface area contributed by atoms with Crippen molar-refractivity contribution in [3.8, 4) is 17.2 Å². The summed E-state index contributed by atoms with van der Waals surface area (Å²) in [5.41, 5.74) is 0.694. The molecule has 0 fully saturated rings. The van der Waals surface area contributed by atoms with E-state index in [-0.39, 0.29) is 12.3 Å². The number of hydrogen-bond acceptors (Lipinski definition) is 6. The molecule has 3 aromatic rings. The maximum atomic E-state index is 12.3. The number of para-hydroxylation sites is 1. The van der Waals surface area contributed by atoms with E-state index < -0.39 is 5.63 Å². The number of carbonyl (C=O) groups is 1. The molecule has 10 heteroatoms. The smallest absolute Gasteiger partial charge is 0.442 e. The number of hydrogen-bond donors (Lipinski definition) is 2. The summed E-state index contributed by atoms with van der Waals surface area (Å²) in [5.74, 6) is 0.999. The van der Waals surface area contributed by atoms with Crippen LogP contribution in [0.25, 0.3) is 5.69 Å². The van der Waals surface area contributed by atoms with Crippen molar-refractivity contribution in [2.45, 2.75) is 11.4 Å². The minimum atomic E-state index is -0.497. The molecule has 0 aliphatic carbocycles. The van der Waals surface area contributed by atoms with Gasteiger partial charge in [-0.15, -0.1) is 0 Å². The van der Waals surface area contributed by atoms with Gasteiger partial charge in [-0.1, -0.05) is 29.8 Å². The molecule has 0 aliphatic rings. The van der Waals surface area contributed by atoms with Crippen LogP contribution in [0.2, 0.25) is 5.02 Å². The molecule has 1 amide bonds. The zero-order chi connectivity index (χ0) is 20.8. The van der Waals surface area contributed by atoms with Crippen LogP contribution in [0, 0.1) is 0 Å². The molecule has 0 saturated heterocycles. The van der Waals surface area contributed by atoms with Crippen LogP contribution in [0.3, 0.4) is 0 Å². The van der Waals surface area contributed by atoms with Crippen molar-refractivity contribution in [2.24, 2.45) is 0 Å². The molecule has 2 N–H and O–H groups in total. The number of anilines is 1. The van der Waals surface area contributed by atoms with Gasteiger partial charge >= 0.3 is 10.7 Å². The second-order valence-corrected chi connectivity index (χ2v) is 7.28. The van der Waals surface area contributed by atoms with Gasteiger partial charge in [0.2, 0.25) is 11.6 Å². The highest BCUT2D eigenvalue weighted by Gasteiger charge is 2.24. The Kier molecular flexibility index (Phi) is 6.84. The van der Waals surface area contributed by atoms with E-state index in [4.69, 9.17) is 25.6 Å². The SMILES string of the molecule is COc1cc(OC)c(NC(=O)CCSc2c(=O)o[nH][n+]2-c2ccccc2)cc1Cl. The van der Waals surface area contributed by atoms with Crippen LogP contribution in [0.5, 0.6) is 11.5 Å². The number of thioether (sulfide) groups is 1. The van der Waals surface area contributed by atoms with Gasteiger partial charge in [-0.2, -0.15) is 0 Å². The summed E-state index contributed by atoms with van der Waals surface area (Å²) < 4.78 is 16.8. The number of benzene rings is 2. The van der Waals surface area contributed by atoms with Gasteiger partial charge in [0.1, 0.15) is 11.5 Å². The lowest BCUT2D eigenvalue weighted by molar-refractivity contribution is -0.704. The molecule has 2 aromatic carbocycles. The van der Waals surface area contributed by atoms with E-state index in [2.05, 4.69) is 10.6 Å². The maximum Gasteiger partial charge on any atom is 0.442 e. The van der Waals surface area contributed by atoms with Crippen LogP contribution in [-0.4, -0.2) is 31.2 Å². The first-order chi connectivity index (χ1) is 14.0. The number of aromatic amines is 1. The van der Waals surface area contributed by atoms with E-state index in [1.165, 1.54) is 30.7 Å². The first-order valence-electron chi connectivity index (χ1n) is 8.56. The van der Waals surface area contributed by atoms with Gasteiger partial charge in [-0.05, 0) is 27.8 Å². The fourth-order valence-corrected chi connectivity index (χ4v) is 3.70. The second-order valence-electron chi connectivity index (χ2n) is 5.79. The average Bonchev–Trinajstić information content (AvgIpc) is 3.09. The first kappa shape index (κ1) is 20.8. The summed E-state index contributed by atoms with van der Waals surface area (Å²) in [7, 11) is 2.98. The second kappa shape index (κ2) is 9.53. The highest BCUT2D eigenvalue weighted by molar-refractivity contribution is 7.99. The zero-order valence-corrected chi connectivity index (χ0v) is 17.3. The highest BCUT2D eigenvalue weighted by atomic mass is 35.5. The molecule has 152 valence electrons. The van der Waals surface area contributed by atoms with Crippen LogP contribution in [0.15, 0.2) is 56.8 Å². The average molecular weight is 437 g/mol. The van der Waals surface area contributed by atoms with Crippen LogP contribution < -0.4 is 25.1 Å². The molecular formula is C19H19ClN3O5S+. The molecule has 0 aliphatic heterocycles. The Morgan fingerprint density at radius 3 is 2.62 bits per heavy atom. The van der Waals surface area contributed by atoms with Crippen LogP contribution >= 0.6 is 23.4 Å². The summed E-state index contributed by atoms with van der Waals surface area (Å²) in [4.78, 5) is 24.3. The summed E-state index contributed by atoms with van der Waals surface area (Å²) in [5, 5.41) is 6.04. The topological polar surface area (TPSA) is 97.4 Å². The summed E-state index contributed by atoms with van der Waals surface area (Å²) in [6.45, 7) is 0. The predicted octanol–water partition coefficient (Wildman–Crippen LogP) is 3.04. The van der Waals surface area contributed by atoms with E-state index in [0.717, 1.165) is 5.69 Å². The van der Waals surface area contributed by atoms with E-state index in [1.807, 2.05) is 30.3 Å². The lowest BCUT2D eigenvalue weighted by atomic mass is 10.2. The minimum Gasteiger partial charge on any atom is -0.495 e. The van der Waals surface area contributed by atoms with E-state index >= 15 is 0 Å². The van der Waals surface area contributed by atoms with Crippen LogP contribution in [0.4, 0.5) is 5.69 Å². The molecule has 0 radical (unpaired) electrons. The normalized spacial score (nSPS) is 10.6. The third-order valence-corrected chi connectivity index (χ3v) is 5.26. The van der Waals surface area contributed by atoms with E-state index in [0.29, 0.717) is 33.0 Å². The van der Waals surface area contributed by atoms with Gasteiger partial charge in [0.15, 0.2) is 0 Å². The number of rotatable bonds is 8. The standard InChI is InChI=1S/C19H18ClN3O5S/c1-26-15-11-16(27-2)14(10-13(15)20)21-17(24)8-9-29-18-19(25)28-22-23(18)12-6-4-3-5-7-12/h3-7,10-11H,8-9H2,1-2H3,(H-,21,22,24,25)/p+1. The van der Waals surface area contributed by atoms with E-state index in [1.54, 1.807) is 12.1 Å². The van der Waals surface area contributed by atoms with Crippen molar-refractivity contribution in [3.63, 3.8) is 0 Å². The molecular weight excluding hydrogens is 418 g/mol. The number of H-pyrrole nitrogens is 1. The Morgan fingerprint density at radius 2 is 1.93 bits per heavy atom. The Bertz CT molecular complexity index is 1050. The van der Waals surface area contributed by atoms with Gasteiger partial charge in [-0.3, -0.25) is 9.32 Å². The lowest BCUT2D eigenvalue weighted by Gasteiger charge is -2.12. The summed E-state index contributed by atoms with van der Waals surface area (Å²) in [6.07, 6.45) is 0.164. The highest BCUT2D eigenvalue weighted by Crippen LogP contribution is 2.35. The lowest BCUT2D eigenvalue weighted by Crippen LogP contribution is -2.36. The largest absolute Gasteiger partial charge is 0.495 e. The molecule has 1 aromatic heterocycles. The molecule has 0 spiro atoms.